The molecule has 0 aromatic rings. The highest BCUT2D eigenvalue weighted by Crippen LogP contribution is 1.61. The van der Waals surface area contributed by atoms with Crippen molar-refractivity contribution in [3.8, 4) is 0 Å². The van der Waals surface area contributed by atoms with Crippen LogP contribution in [0.2, 0.25) is 0 Å². The van der Waals surface area contributed by atoms with E-state index in [1.165, 1.54) is 6.42 Å². The molecule has 0 aromatic carbocycles. The SMILES string of the molecule is CCC.CCCO. The van der Waals surface area contributed by atoms with Crippen LogP contribution in [-0.4, -0.2) is 11.7 Å². The van der Waals surface area contributed by atoms with E-state index in [2.05, 4.69) is 13.8 Å². The van der Waals surface area contributed by atoms with Gasteiger partial charge in [0.25, 0.3) is 0 Å². The highest BCUT2D eigenvalue weighted by atomic mass is 16.2. The molecule has 0 spiro atoms. The van der Waals surface area contributed by atoms with Crippen LogP contribution in [0.5, 0.6) is 0 Å². The zero-order valence-electron chi connectivity index (χ0n) is 5.57. The van der Waals surface area contributed by atoms with Crippen molar-refractivity contribution in [1.29, 1.82) is 0 Å². The molecule has 0 unspecified atom stereocenters. The van der Waals surface area contributed by atoms with Crippen molar-refractivity contribution in [1.82, 2.24) is 0 Å². The number of hydrogen-bond donors (Lipinski definition) is 1. The average molecular weight is 104 g/mol. The number of aliphatic hydroxyl groups is 1. The molecule has 0 fully saturated rings. The summed E-state index contributed by atoms with van der Waals surface area (Å²) in [4.78, 5) is 0. The van der Waals surface area contributed by atoms with E-state index < -0.39 is 0 Å². The van der Waals surface area contributed by atoms with Gasteiger partial charge in [0.1, 0.15) is 0 Å². The first kappa shape index (κ1) is 10.0. The van der Waals surface area contributed by atoms with Gasteiger partial charge in [-0.05, 0) is 6.42 Å². The molecule has 0 amide bonds. The molecule has 0 radical (unpaired) electrons. The predicted molar refractivity (Wildman–Crippen MR) is 33.3 cm³/mol. The molecule has 0 saturated heterocycles. The zero-order chi connectivity index (χ0) is 6.12. The van der Waals surface area contributed by atoms with Crippen molar-refractivity contribution in [2.24, 2.45) is 0 Å². The van der Waals surface area contributed by atoms with E-state index in [0.717, 1.165) is 6.42 Å². The minimum Gasteiger partial charge on any atom is -0.396 e. The molecular weight excluding hydrogens is 88.1 g/mol. The van der Waals surface area contributed by atoms with E-state index in [-0.39, 0.29) is 0 Å². The Bertz CT molecular complexity index is 11.7. The summed E-state index contributed by atoms with van der Waals surface area (Å²) < 4.78 is 0. The Morgan fingerprint density at radius 3 is 1.29 bits per heavy atom. The summed E-state index contributed by atoms with van der Waals surface area (Å²) in [7, 11) is 0. The van der Waals surface area contributed by atoms with Crippen molar-refractivity contribution in [2.75, 3.05) is 6.61 Å². The number of aliphatic hydroxyl groups excluding tert-OH is 1. The van der Waals surface area contributed by atoms with Crippen LogP contribution in [0.4, 0.5) is 0 Å². The van der Waals surface area contributed by atoms with Crippen LogP contribution < -0.4 is 0 Å². The lowest BCUT2D eigenvalue weighted by atomic mass is 10.5. The van der Waals surface area contributed by atoms with Gasteiger partial charge < -0.3 is 5.11 Å². The standard InChI is InChI=1S/C3H8O.C3H8/c1-2-3-4;1-3-2/h4H,2-3H2,1H3;3H2,1-2H3. The average Bonchev–Trinajstić information content (AvgIpc) is 1.69. The molecule has 0 aliphatic rings. The second-order valence-corrected chi connectivity index (χ2v) is 1.43. The third-order valence-electron chi connectivity index (χ3n) is 0.224. The first-order chi connectivity index (χ1) is 3.33. The van der Waals surface area contributed by atoms with E-state index >= 15 is 0 Å². The summed E-state index contributed by atoms with van der Waals surface area (Å²) in [5.74, 6) is 0. The van der Waals surface area contributed by atoms with E-state index in [1.807, 2.05) is 6.92 Å². The van der Waals surface area contributed by atoms with Gasteiger partial charge in [0.15, 0.2) is 0 Å². The topological polar surface area (TPSA) is 20.2 Å². The van der Waals surface area contributed by atoms with E-state index in [4.69, 9.17) is 5.11 Å². The fourth-order valence-corrected chi connectivity index (χ4v) is 0. The summed E-state index contributed by atoms with van der Waals surface area (Å²) in [5.41, 5.74) is 0. The third kappa shape index (κ3) is 101. The molecule has 0 atom stereocenters. The molecule has 0 aliphatic heterocycles. The van der Waals surface area contributed by atoms with Crippen LogP contribution in [0.15, 0.2) is 0 Å². The van der Waals surface area contributed by atoms with Gasteiger partial charge in [0.05, 0.1) is 0 Å². The first-order valence-electron chi connectivity index (χ1n) is 2.94. The molecule has 0 heterocycles. The van der Waals surface area contributed by atoms with E-state index in [0.29, 0.717) is 6.61 Å². The molecule has 46 valence electrons. The maximum Gasteiger partial charge on any atom is 0.0428 e. The van der Waals surface area contributed by atoms with Crippen LogP contribution >= 0.6 is 0 Å². The summed E-state index contributed by atoms with van der Waals surface area (Å²) in [6.45, 7) is 6.50. The van der Waals surface area contributed by atoms with Gasteiger partial charge >= 0.3 is 0 Å². The van der Waals surface area contributed by atoms with Gasteiger partial charge in [0.2, 0.25) is 0 Å². The maximum atomic E-state index is 7.88. The number of hydrogen-bond acceptors (Lipinski definition) is 1. The van der Waals surface area contributed by atoms with Crippen molar-refractivity contribution < 1.29 is 5.11 Å². The first-order valence-corrected chi connectivity index (χ1v) is 2.94. The van der Waals surface area contributed by atoms with E-state index in [9.17, 15) is 0 Å². The van der Waals surface area contributed by atoms with Gasteiger partial charge in [-0.1, -0.05) is 27.2 Å². The minimum atomic E-state index is 0.319. The van der Waals surface area contributed by atoms with Crippen molar-refractivity contribution >= 4 is 0 Å². The Morgan fingerprint density at radius 1 is 1.14 bits per heavy atom. The molecule has 0 bridgehead atoms. The summed E-state index contributed by atoms with van der Waals surface area (Å²) in [5, 5.41) is 7.88. The molecule has 0 rings (SSSR count). The van der Waals surface area contributed by atoms with E-state index in [1.54, 1.807) is 0 Å². The molecule has 0 aromatic heterocycles. The molecule has 0 aliphatic carbocycles. The molecule has 1 heteroatoms. The fraction of sp³-hybridized carbons (Fsp3) is 1.00. The molecule has 1 N–H and O–H groups in total. The van der Waals surface area contributed by atoms with Crippen LogP contribution in [0.1, 0.15) is 33.6 Å². The van der Waals surface area contributed by atoms with Crippen LogP contribution in [0.3, 0.4) is 0 Å². The Kier molecular flexibility index (Phi) is 24.0. The smallest absolute Gasteiger partial charge is 0.0428 e. The van der Waals surface area contributed by atoms with Gasteiger partial charge in [-0.3, -0.25) is 0 Å². The molecule has 0 saturated carbocycles. The van der Waals surface area contributed by atoms with Crippen LogP contribution in [-0.2, 0) is 0 Å². The monoisotopic (exact) mass is 104 g/mol. The molecular formula is C6H16O. The third-order valence-corrected chi connectivity index (χ3v) is 0.224. The summed E-state index contributed by atoms with van der Waals surface area (Å²) in [6.07, 6.45) is 2.12. The summed E-state index contributed by atoms with van der Waals surface area (Å²) >= 11 is 0. The molecule has 1 nitrogen and oxygen atoms in total. The highest BCUT2D eigenvalue weighted by molar-refractivity contribution is 4.10. The Morgan fingerprint density at radius 2 is 1.29 bits per heavy atom. The Balaban J connectivity index is 0. The van der Waals surface area contributed by atoms with Crippen LogP contribution in [0, 0.1) is 0 Å². The maximum absolute atomic E-state index is 7.88. The van der Waals surface area contributed by atoms with Gasteiger partial charge in [-0.2, -0.15) is 0 Å². The largest absolute Gasteiger partial charge is 0.396 e. The van der Waals surface area contributed by atoms with Crippen molar-refractivity contribution in [3.05, 3.63) is 0 Å². The zero-order valence-corrected chi connectivity index (χ0v) is 5.57. The minimum absolute atomic E-state index is 0.319. The number of rotatable bonds is 1. The summed E-state index contributed by atoms with van der Waals surface area (Å²) in [6, 6.07) is 0. The van der Waals surface area contributed by atoms with Gasteiger partial charge in [-0.15, -0.1) is 0 Å². The van der Waals surface area contributed by atoms with Gasteiger partial charge in [-0.25, -0.2) is 0 Å². The fourth-order valence-electron chi connectivity index (χ4n) is 0. The normalized spacial score (nSPS) is 6.86. The van der Waals surface area contributed by atoms with Gasteiger partial charge in [0, 0.05) is 6.61 Å². The second kappa shape index (κ2) is 16.7. The second-order valence-electron chi connectivity index (χ2n) is 1.43. The predicted octanol–water partition coefficient (Wildman–Crippen LogP) is 1.81. The lowest BCUT2D eigenvalue weighted by Gasteiger charge is -1.69. The van der Waals surface area contributed by atoms with Crippen molar-refractivity contribution in [3.63, 3.8) is 0 Å². The Hall–Kier alpha value is -0.0400. The van der Waals surface area contributed by atoms with Crippen molar-refractivity contribution in [2.45, 2.75) is 33.6 Å². The van der Waals surface area contributed by atoms with Crippen LogP contribution in [0.25, 0.3) is 0 Å². The highest BCUT2D eigenvalue weighted by Gasteiger charge is 1.57. The lowest BCUT2D eigenvalue weighted by Crippen LogP contribution is -1.69. The Labute approximate surface area is 46.4 Å². The lowest BCUT2D eigenvalue weighted by molar-refractivity contribution is 0.295. The molecule has 7 heavy (non-hydrogen) atoms. The quantitative estimate of drug-likeness (QED) is 0.538.